The van der Waals surface area contributed by atoms with Crippen LogP contribution in [0.4, 0.5) is 17.6 Å². The van der Waals surface area contributed by atoms with Crippen molar-refractivity contribution in [1.29, 1.82) is 0 Å². The zero-order valence-electron chi connectivity index (χ0n) is 13.4. The third-order valence-electron chi connectivity index (χ3n) is 3.02. The summed E-state index contributed by atoms with van der Waals surface area (Å²) in [6.45, 7) is 2.78. The molecular weight excluding hydrogens is 384 g/mol. The second kappa shape index (κ2) is 8.86. The molecule has 0 amide bonds. The number of benzene rings is 1. The number of carboxylic acid groups (broad SMARTS) is 1. The third kappa shape index (κ3) is 5.33. The number of hydrogen-bond donors (Lipinski definition) is 2. The van der Waals surface area contributed by atoms with Gasteiger partial charge in [0, 0.05) is 18.5 Å². The number of carbonyl (C=O) groups excluding carboxylic acids is 1. The summed E-state index contributed by atoms with van der Waals surface area (Å²) in [6.07, 6.45) is -5.08. The van der Waals surface area contributed by atoms with Crippen molar-refractivity contribution in [2.45, 2.75) is 19.6 Å². The molecule has 3 N–H and O–H groups in total. The molecule has 11 heteroatoms. The molecule has 1 heterocycles. The summed E-state index contributed by atoms with van der Waals surface area (Å²) < 4.78 is 51.8. The number of carboxylic acids is 1. The molecule has 0 radical (unpaired) electrons. The second-order valence-corrected chi connectivity index (χ2v) is 5.23. The molecule has 144 valence electrons. The number of carbonyl (C=O) groups is 2. The first-order valence-electron chi connectivity index (χ1n) is 7.18. The quantitative estimate of drug-likeness (QED) is 0.609. The Hall–Kier alpha value is -2.33. The van der Waals surface area contributed by atoms with Crippen molar-refractivity contribution in [3.8, 4) is 0 Å². The van der Waals surface area contributed by atoms with Crippen molar-refractivity contribution in [1.82, 2.24) is 4.57 Å². The smallest absolute Gasteiger partial charge is 0.475 e. The molecule has 0 unspecified atom stereocenters. The van der Waals surface area contributed by atoms with Crippen LogP contribution in [0.1, 0.15) is 17.4 Å². The summed E-state index contributed by atoms with van der Waals surface area (Å²) in [7, 11) is 0. The van der Waals surface area contributed by atoms with Crippen LogP contribution in [0.5, 0.6) is 0 Å². The molecule has 0 aliphatic heterocycles. The Kier molecular flexibility index (Phi) is 7.40. The van der Waals surface area contributed by atoms with Gasteiger partial charge in [0.05, 0.1) is 17.1 Å². The van der Waals surface area contributed by atoms with E-state index in [2.05, 4.69) is 0 Å². The Bertz CT molecular complexity index is 805. The highest BCUT2D eigenvalue weighted by Gasteiger charge is 2.38. The van der Waals surface area contributed by atoms with Crippen LogP contribution in [0.15, 0.2) is 18.2 Å². The SMILES string of the molecule is CCOC(=O)c1cc2cc(F)c(Cl)cc2n1CCN.O=C(O)C(F)(F)F. The van der Waals surface area contributed by atoms with Gasteiger partial charge in [-0.3, -0.25) is 0 Å². The van der Waals surface area contributed by atoms with Crippen molar-refractivity contribution < 1.29 is 37.0 Å². The molecule has 0 atom stereocenters. The van der Waals surface area contributed by atoms with Crippen LogP contribution < -0.4 is 5.73 Å². The Labute approximate surface area is 150 Å². The van der Waals surface area contributed by atoms with E-state index in [4.69, 9.17) is 32.0 Å². The van der Waals surface area contributed by atoms with Gasteiger partial charge in [0.25, 0.3) is 0 Å². The number of fused-ring (bicyclic) bond motifs is 1. The minimum absolute atomic E-state index is 0.0132. The van der Waals surface area contributed by atoms with Gasteiger partial charge in [0.15, 0.2) is 0 Å². The molecule has 0 bridgehead atoms. The summed E-state index contributed by atoms with van der Waals surface area (Å²) in [6, 6.07) is 4.38. The van der Waals surface area contributed by atoms with E-state index in [0.29, 0.717) is 29.7 Å². The van der Waals surface area contributed by atoms with Gasteiger partial charge >= 0.3 is 18.1 Å². The van der Waals surface area contributed by atoms with Gasteiger partial charge in [0.1, 0.15) is 11.5 Å². The summed E-state index contributed by atoms with van der Waals surface area (Å²) in [5, 5.41) is 7.73. The Balaban J connectivity index is 0.000000412. The number of hydrogen-bond acceptors (Lipinski definition) is 4. The summed E-state index contributed by atoms with van der Waals surface area (Å²) in [5.74, 6) is -3.73. The lowest BCUT2D eigenvalue weighted by atomic mass is 10.2. The Morgan fingerprint density at radius 3 is 2.35 bits per heavy atom. The summed E-state index contributed by atoms with van der Waals surface area (Å²) in [4.78, 5) is 20.8. The third-order valence-corrected chi connectivity index (χ3v) is 3.31. The zero-order valence-corrected chi connectivity index (χ0v) is 14.2. The first-order chi connectivity index (χ1) is 12.0. The number of rotatable bonds is 4. The fraction of sp³-hybridized carbons (Fsp3) is 0.333. The van der Waals surface area contributed by atoms with Crippen LogP contribution >= 0.6 is 11.6 Å². The largest absolute Gasteiger partial charge is 0.490 e. The van der Waals surface area contributed by atoms with Crippen molar-refractivity contribution in [3.05, 3.63) is 34.7 Å². The fourth-order valence-electron chi connectivity index (χ4n) is 2.00. The average Bonchev–Trinajstić information content (AvgIpc) is 2.86. The molecule has 0 fully saturated rings. The van der Waals surface area contributed by atoms with Crippen LogP contribution in [0.3, 0.4) is 0 Å². The van der Waals surface area contributed by atoms with Gasteiger partial charge in [-0.15, -0.1) is 0 Å². The van der Waals surface area contributed by atoms with Gasteiger partial charge in [-0.05, 0) is 25.1 Å². The highest BCUT2D eigenvalue weighted by Crippen LogP contribution is 2.26. The van der Waals surface area contributed by atoms with Gasteiger partial charge in [-0.2, -0.15) is 13.2 Å². The van der Waals surface area contributed by atoms with Crippen LogP contribution in [0, 0.1) is 5.82 Å². The van der Waals surface area contributed by atoms with E-state index < -0.39 is 23.9 Å². The fourth-order valence-corrected chi connectivity index (χ4v) is 2.16. The number of aliphatic carboxylic acids is 1. The number of esters is 1. The molecule has 0 saturated heterocycles. The van der Waals surface area contributed by atoms with Crippen molar-refractivity contribution in [2.75, 3.05) is 13.2 Å². The molecule has 0 spiro atoms. The zero-order chi connectivity index (χ0) is 20.1. The van der Waals surface area contributed by atoms with E-state index in [-0.39, 0.29) is 11.6 Å². The van der Waals surface area contributed by atoms with Crippen LogP contribution in [-0.4, -0.2) is 40.9 Å². The maximum Gasteiger partial charge on any atom is 0.490 e. The standard InChI is InChI=1S/C13H14ClFN2O2.C2HF3O2/c1-2-19-13(18)12-6-8-5-10(15)9(14)7-11(8)17(12)4-3-16;3-2(4,5)1(6)7/h5-7H,2-4,16H2,1H3;(H,6,7). The molecule has 0 aliphatic rings. The number of aromatic nitrogens is 1. The molecule has 6 nitrogen and oxygen atoms in total. The number of halogens is 5. The predicted molar refractivity (Wildman–Crippen MR) is 85.6 cm³/mol. The number of nitrogens with two attached hydrogens (primary N) is 1. The van der Waals surface area contributed by atoms with Gasteiger partial charge < -0.3 is 20.1 Å². The first-order valence-corrected chi connectivity index (χ1v) is 7.56. The first kappa shape index (κ1) is 21.7. The Morgan fingerprint density at radius 2 is 1.88 bits per heavy atom. The normalized spacial score (nSPS) is 11.0. The maximum absolute atomic E-state index is 13.4. The molecule has 0 saturated carbocycles. The van der Waals surface area contributed by atoms with E-state index in [1.165, 1.54) is 12.1 Å². The average molecular weight is 399 g/mol. The molecule has 26 heavy (non-hydrogen) atoms. The van der Waals surface area contributed by atoms with Crippen LogP contribution in [0.2, 0.25) is 5.02 Å². The van der Waals surface area contributed by atoms with E-state index >= 15 is 0 Å². The Morgan fingerprint density at radius 1 is 1.31 bits per heavy atom. The van der Waals surface area contributed by atoms with E-state index in [1.54, 1.807) is 17.6 Å². The van der Waals surface area contributed by atoms with Gasteiger partial charge in [0.2, 0.25) is 0 Å². The van der Waals surface area contributed by atoms with Crippen molar-refractivity contribution in [3.63, 3.8) is 0 Å². The van der Waals surface area contributed by atoms with Crippen molar-refractivity contribution in [2.24, 2.45) is 5.73 Å². The number of alkyl halides is 3. The minimum atomic E-state index is -5.08. The van der Waals surface area contributed by atoms with E-state index in [9.17, 15) is 22.4 Å². The molecule has 1 aromatic carbocycles. The minimum Gasteiger partial charge on any atom is -0.475 e. The number of ether oxygens (including phenoxy) is 1. The highest BCUT2D eigenvalue weighted by molar-refractivity contribution is 6.31. The summed E-state index contributed by atoms with van der Waals surface area (Å²) in [5.41, 5.74) is 6.56. The molecule has 2 rings (SSSR count). The van der Waals surface area contributed by atoms with Crippen LogP contribution in [0.25, 0.3) is 10.9 Å². The van der Waals surface area contributed by atoms with Gasteiger partial charge in [-0.1, -0.05) is 11.6 Å². The van der Waals surface area contributed by atoms with E-state index in [1.807, 2.05) is 0 Å². The lowest BCUT2D eigenvalue weighted by Crippen LogP contribution is -2.21. The second-order valence-electron chi connectivity index (χ2n) is 4.82. The lowest BCUT2D eigenvalue weighted by molar-refractivity contribution is -0.192. The van der Waals surface area contributed by atoms with Crippen LogP contribution in [-0.2, 0) is 16.1 Å². The number of nitrogens with zero attached hydrogens (tertiary/aromatic N) is 1. The van der Waals surface area contributed by atoms with E-state index in [0.717, 1.165) is 0 Å². The molecule has 2 aromatic rings. The summed E-state index contributed by atoms with van der Waals surface area (Å²) >= 11 is 5.77. The lowest BCUT2D eigenvalue weighted by Gasteiger charge is -2.08. The molecule has 0 aliphatic carbocycles. The maximum atomic E-state index is 13.4. The van der Waals surface area contributed by atoms with Gasteiger partial charge in [-0.25, -0.2) is 14.0 Å². The topological polar surface area (TPSA) is 94.5 Å². The monoisotopic (exact) mass is 398 g/mol. The predicted octanol–water partition coefficient (Wildman–Crippen LogP) is 3.20. The van der Waals surface area contributed by atoms with Crippen molar-refractivity contribution >= 4 is 34.4 Å². The molecule has 1 aromatic heterocycles. The molecular formula is C15H15ClF4N2O4. The highest BCUT2D eigenvalue weighted by atomic mass is 35.5.